The summed E-state index contributed by atoms with van der Waals surface area (Å²) in [6, 6.07) is 18.7. The van der Waals surface area contributed by atoms with Crippen LogP contribution in [0.4, 0.5) is 0 Å². The molecule has 1 N–H and O–H groups in total. The number of nitrogens with zero attached hydrogens (tertiary/aromatic N) is 4. The third-order valence-corrected chi connectivity index (χ3v) is 6.20. The zero-order valence-electron chi connectivity index (χ0n) is 19.3. The lowest BCUT2D eigenvalue weighted by atomic mass is 10.0. The lowest BCUT2D eigenvalue weighted by molar-refractivity contribution is -0.121. The fourth-order valence-corrected chi connectivity index (χ4v) is 4.22. The average Bonchev–Trinajstić information content (AvgIpc) is 3.16. The number of aromatic nitrogens is 3. The number of hydrogen-bond donors (Lipinski definition) is 1. The molecule has 0 aliphatic carbocycles. The van der Waals surface area contributed by atoms with Crippen LogP contribution in [0.5, 0.6) is 0 Å². The summed E-state index contributed by atoms with van der Waals surface area (Å²) in [5.41, 5.74) is 6.19. The van der Waals surface area contributed by atoms with Gasteiger partial charge in [-0.1, -0.05) is 42.5 Å². The minimum Gasteiger partial charge on any atom is -0.355 e. The van der Waals surface area contributed by atoms with Gasteiger partial charge in [0, 0.05) is 35.8 Å². The van der Waals surface area contributed by atoms with Gasteiger partial charge in [-0.15, -0.1) is 0 Å². The summed E-state index contributed by atoms with van der Waals surface area (Å²) in [6.45, 7) is 4.70. The van der Waals surface area contributed by atoms with E-state index < -0.39 is 0 Å². The summed E-state index contributed by atoms with van der Waals surface area (Å²) < 4.78 is 1.91. The Morgan fingerprint density at radius 1 is 1.06 bits per heavy atom. The van der Waals surface area contributed by atoms with E-state index in [2.05, 4.69) is 55.5 Å². The molecule has 4 aromatic rings. The number of aryl methyl sites for hydroxylation is 2. The molecule has 166 valence electrons. The molecule has 2 heterocycles. The van der Waals surface area contributed by atoms with Crippen LogP contribution in [0.3, 0.4) is 0 Å². The van der Waals surface area contributed by atoms with E-state index in [1.54, 1.807) is 0 Å². The molecule has 0 fully saturated rings. The van der Waals surface area contributed by atoms with Crippen LogP contribution in [0.15, 0.2) is 54.6 Å². The number of fused-ring (bicyclic) bond motifs is 3. The topological polar surface area (TPSA) is 62.5 Å². The largest absolute Gasteiger partial charge is 0.355 e. The first kappa shape index (κ1) is 22.0. The van der Waals surface area contributed by atoms with Crippen LogP contribution in [0.1, 0.15) is 28.9 Å². The lowest BCUT2D eigenvalue weighted by Crippen LogP contribution is -2.41. The highest BCUT2D eigenvalue weighted by Crippen LogP contribution is 2.22. The smallest absolute Gasteiger partial charge is 0.220 e. The molecule has 1 unspecified atom stereocenters. The predicted octanol–water partition coefficient (Wildman–Crippen LogP) is 3.72. The first-order chi connectivity index (χ1) is 15.4. The summed E-state index contributed by atoms with van der Waals surface area (Å²) in [5, 5.41) is 8.89. The Labute approximate surface area is 189 Å². The Bertz CT molecular complexity index is 1230. The molecule has 0 aliphatic heterocycles. The standard InChI is InChI=1S/C26H31N5O/c1-18-22(19(2)31-26(28-18)23-12-8-9-13-24(23)29-31)14-15-25(32)27-17-21(30(3)4)16-20-10-6-5-7-11-20/h5-13,21H,14-17H2,1-4H3,(H,27,32). The van der Waals surface area contributed by atoms with Crippen molar-refractivity contribution in [3.63, 3.8) is 0 Å². The van der Waals surface area contributed by atoms with Crippen molar-refractivity contribution < 1.29 is 4.79 Å². The highest BCUT2D eigenvalue weighted by atomic mass is 16.1. The van der Waals surface area contributed by atoms with Crippen molar-refractivity contribution in [3.05, 3.63) is 77.1 Å². The maximum atomic E-state index is 12.7. The summed E-state index contributed by atoms with van der Waals surface area (Å²) in [7, 11) is 4.11. The van der Waals surface area contributed by atoms with Crippen molar-refractivity contribution in [2.24, 2.45) is 0 Å². The summed E-state index contributed by atoms with van der Waals surface area (Å²) in [5.74, 6) is 0.0643. The minimum absolute atomic E-state index is 0.0643. The number of carbonyl (C=O) groups excluding carboxylic acids is 1. The van der Waals surface area contributed by atoms with Gasteiger partial charge in [-0.3, -0.25) is 4.79 Å². The van der Waals surface area contributed by atoms with E-state index in [4.69, 9.17) is 10.1 Å². The van der Waals surface area contributed by atoms with Gasteiger partial charge in [0.1, 0.15) is 0 Å². The van der Waals surface area contributed by atoms with Crippen LogP contribution in [-0.4, -0.2) is 52.1 Å². The van der Waals surface area contributed by atoms with Gasteiger partial charge < -0.3 is 10.2 Å². The molecular formula is C26H31N5O. The van der Waals surface area contributed by atoms with Gasteiger partial charge in [-0.05, 0) is 64.0 Å². The van der Waals surface area contributed by atoms with E-state index in [0.717, 1.165) is 39.9 Å². The first-order valence-corrected chi connectivity index (χ1v) is 11.1. The van der Waals surface area contributed by atoms with Crippen LogP contribution in [0.2, 0.25) is 0 Å². The Morgan fingerprint density at radius 3 is 2.53 bits per heavy atom. The molecule has 2 aromatic carbocycles. The van der Waals surface area contributed by atoms with Gasteiger partial charge in [0.2, 0.25) is 5.91 Å². The predicted molar refractivity (Wildman–Crippen MR) is 129 cm³/mol. The quantitative estimate of drug-likeness (QED) is 0.464. The number of hydrogen-bond acceptors (Lipinski definition) is 4. The SMILES string of the molecule is Cc1nc2c3ccccc3nn2c(C)c1CCC(=O)NCC(Cc1ccccc1)N(C)C. The summed E-state index contributed by atoms with van der Waals surface area (Å²) >= 11 is 0. The monoisotopic (exact) mass is 429 g/mol. The van der Waals surface area contributed by atoms with E-state index in [9.17, 15) is 4.79 Å². The van der Waals surface area contributed by atoms with Gasteiger partial charge in [0.25, 0.3) is 0 Å². The summed E-state index contributed by atoms with van der Waals surface area (Å²) in [4.78, 5) is 19.6. The molecule has 2 aromatic heterocycles. The summed E-state index contributed by atoms with van der Waals surface area (Å²) in [6.07, 6.45) is 1.98. The van der Waals surface area contributed by atoms with Gasteiger partial charge in [0.15, 0.2) is 5.65 Å². The molecule has 0 bridgehead atoms. The van der Waals surface area contributed by atoms with Gasteiger partial charge in [-0.2, -0.15) is 5.10 Å². The van der Waals surface area contributed by atoms with Gasteiger partial charge >= 0.3 is 0 Å². The fraction of sp³-hybridized carbons (Fsp3) is 0.346. The lowest BCUT2D eigenvalue weighted by Gasteiger charge is -2.25. The van der Waals surface area contributed by atoms with Crippen LogP contribution >= 0.6 is 0 Å². The van der Waals surface area contributed by atoms with E-state index in [1.165, 1.54) is 5.56 Å². The van der Waals surface area contributed by atoms with Crippen LogP contribution < -0.4 is 5.32 Å². The third kappa shape index (κ3) is 4.65. The molecule has 0 spiro atoms. The van der Waals surface area contributed by atoms with E-state index in [1.807, 2.05) is 41.8 Å². The van der Waals surface area contributed by atoms with Crippen LogP contribution in [0, 0.1) is 13.8 Å². The zero-order valence-corrected chi connectivity index (χ0v) is 19.3. The highest BCUT2D eigenvalue weighted by molar-refractivity contribution is 5.92. The number of rotatable bonds is 8. The van der Waals surface area contributed by atoms with Crippen molar-refractivity contribution in [1.82, 2.24) is 24.8 Å². The molecule has 0 radical (unpaired) electrons. The van der Waals surface area contributed by atoms with Crippen molar-refractivity contribution in [1.29, 1.82) is 0 Å². The molecule has 32 heavy (non-hydrogen) atoms. The number of carbonyl (C=O) groups is 1. The number of benzene rings is 2. The molecule has 6 nitrogen and oxygen atoms in total. The minimum atomic E-state index is 0.0643. The number of likely N-dealkylation sites (N-methyl/N-ethyl adjacent to an activating group) is 1. The van der Waals surface area contributed by atoms with Crippen molar-refractivity contribution in [3.8, 4) is 0 Å². The number of nitrogens with one attached hydrogen (secondary N) is 1. The maximum Gasteiger partial charge on any atom is 0.220 e. The van der Waals surface area contributed by atoms with Crippen molar-refractivity contribution in [2.75, 3.05) is 20.6 Å². The maximum absolute atomic E-state index is 12.7. The molecule has 0 saturated carbocycles. The normalized spacial score (nSPS) is 12.5. The van der Waals surface area contributed by atoms with E-state index in [-0.39, 0.29) is 11.9 Å². The van der Waals surface area contributed by atoms with E-state index in [0.29, 0.717) is 19.4 Å². The fourth-order valence-electron chi connectivity index (χ4n) is 4.22. The van der Waals surface area contributed by atoms with Crippen LogP contribution in [0.25, 0.3) is 16.6 Å². The Balaban J connectivity index is 1.41. The zero-order chi connectivity index (χ0) is 22.7. The molecule has 4 rings (SSSR count). The van der Waals surface area contributed by atoms with E-state index >= 15 is 0 Å². The second-order valence-corrected chi connectivity index (χ2v) is 8.62. The molecule has 1 atom stereocenters. The second kappa shape index (κ2) is 9.49. The molecule has 0 saturated heterocycles. The Morgan fingerprint density at radius 2 is 1.78 bits per heavy atom. The molecule has 0 aliphatic rings. The Hall–Kier alpha value is -3.25. The van der Waals surface area contributed by atoms with Crippen molar-refractivity contribution in [2.45, 2.75) is 39.2 Å². The third-order valence-electron chi connectivity index (χ3n) is 6.20. The highest BCUT2D eigenvalue weighted by Gasteiger charge is 2.17. The van der Waals surface area contributed by atoms with Crippen LogP contribution in [-0.2, 0) is 17.6 Å². The Kier molecular flexibility index (Phi) is 6.51. The van der Waals surface area contributed by atoms with Gasteiger partial charge in [-0.25, -0.2) is 9.50 Å². The number of amides is 1. The average molecular weight is 430 g/mol. The van der Waals surface area contributed by atoms with Crippen molar-refractivity contribution >= 4 is 22.5 Å². The molecular weight excluding hydrogens is 398 g/mol. The first-order valence-electron chi connectivity index (χ1n) is 11.1. The van der Waals surface area contributed by atoms with Gasteiger partial charge in [0.05, 0.1) is 5.52 Å². The second-order valence-electron chi connectivity index (χ2n) is 8.62. The molecule has 1 amide bonds. The molecule has 6 heteroatoms.